The zero-order valence-electron chi connectivity index (χ0n) is 10.9. The van der Waals surface area contributed by atoms with Crippen LogP contribution in [0.4, 0.5) is 15.8 Å². The van der Waals surface area contributed by atoms with E-state index in [4.69, 9.17) is 0 Å². The van der Waals surface area contributed by atoms with E-state index in [1.165, 1.54) is 18.2 Å². The first-order chi connectivity index (χ1) is 10.4. The van der Waals surface area contributed by atoms with E-state index in [1.54, 1.807) is 0 Å². The number of rotatable bonds is 4. The van der Waals surface area contributed by atoms with Gasteiger partial charge in [-0.1, -0.05) is 6.07 Å². The lowest BCUT2D eigenvalue weighted by atomic mass is 10.1. The molecule has 0 radical (unpaired) electrons. The standard InChI is InChI=1S/C14H9FN2O5/c15-8-2-1-3-9(6-8)16-13(18)11-5-4-10(17(21)22)7-12(11)14(19)20/h1-7H,(H,16,18)(H,19,20)/p-1. The summed E-state index contributed by atoms with van der Waals surface area (Å²) in [6, 6.07) is 7.71. The molecule has 0 aromatic heterocycles. The second kappa shape index (κ2) is 6.00. The summed E-state index contributed by atoms with van der Waals surface area (Å²) in [5.74, 6) is -3.16. The van der Waals surface area contributed by atoms with E-state index in [0.717, 1.165) is 24.3 Å². The van der Waals surface area contributed by atoms with Crippen LogP contribution in [0.3, 0.4) is 0 Å². The topological polar surface area (TPSA) is 112 Å². The molecular weight excluding hydrogens is 295 g/mol. The number of carbonyl (C=O) groups excluding carboxylic acids is 2. The fraction of sp³-hybridized carbons (Fsp3) is 0. The fourth-order valence-electron chi connectivity index (χ4n) is 1.78. The van der Waals surface area contributed by atoms with Crippen LogP contribution in [0.15, 0.2) is 42.5 Å². The van der Waals surface area contributed by atoms with Gasteiger partial charge >= 0.3 is 0 Å². The number of nitro benzene ring substituents is 1. The monoisotopic (exact) mass is 303 g/mol. The lowest BCUT2D eigenvalue weighted by molar-refractivity contribution is -0.385. The maximum atomic E-state index is 13.0. The minimum Gasteiger partial charge on any atom is -0.545 e. The second-order valence-electron chi connectivity index (χ2n) is 4.24. The van der Waals surface area contributed by atoms with Crippen molar-refractivity contribution in [3.05, 3.63) is 69.5 Å². The Balaban J connectivity index is 2.36. The Hall–Kier alpha value is -3.29. The number of hydrogen-bond acceptors (Lipinski definition) is 5. The lowest BCUT2D eigenvalue weighted by Crippen LogP contribution is -2.26. The summed E-state index contributed by atoms with van der Waals surface area (Å²) < 4.78 is 13.0. The molecule has 1 N–H and O–H groups in total. The van der Waals surface area contributed by atoms with E-state index in [1.807, 2.05) is 0 Å². The average Bonchev–Trinajstić information content (AvgIpc) is 2.46. The molecule has 2 aromatic carbocycles. The van der Waals surface area contributed by atoms with Crippen molar-refractivity contribution in [2.75, 3.05) is 5.32 Å². The van der Waals surface area contributed by atoms with Gasteiger partial charge in [0, 0.05) is 28.9 Å². The third-order valence-corrected chi connectivity index (χ3v) is 2.76. The van der Waals surface area contributed by atoms with Gasteiger partial charge < -0.3 is 15.2 Å². The quantitative estimate of drug-likeness (QED) is 0.676. The maximum absolute atomic E-state index is 13.0. The molecule has 0 atom stereocenters. The Bertz CT molecular complexity index is 776. The number of nitrogens with zero attached hydrogens (tertiary/aromatic N) is 1. The fourth-order valence-corrected chi connectivity index (χ4v) is 1.78. The number of non-ortho nitro benzene ring substituents is 1. The predicted molar refractivity (Wildman–Crippen MR) is 71.8 cm³/mol. The Morgan fingerprint density at radius 3 is 2.41 bits per heavy atom. The number of carbonyl (C=O) groups is 2. The number of benzene rings is 2. The van der Waals surface area contributed by atoms with Crippen LogP contribution >= 0.6 is 0 Å². The van der Waals surface area contributed by atoms with Gasteiger partial charge in [0.05, 0.1) is 10.9 Å². The Labute approximate surface area is 123 Å². The van der Waals surface area contributed by atoms with Gasteiger partial charge in [0.2, 0.25) is 0 Å². The first-order valence-electron chi connectivity index (χ1n) is 5.95. The number of anilines is 1. The summed E-state index contributed by atoms with van der Waals surface area (Å²) in [6.07, 6.45) is 0. The zero-order valence-corrected chi connectivity index (χ0v) is 10.9. The van der Waals surface area contributed by atoms with E-state index in [-0.39, 0.29) is 11.3 Å². The summed E-state index contributed by atoms with van der Waals surface area (Å²) in [7, 11) is 0. The van der Waals surface area contributed by atoms with Gasteiger partial charge in [-0.3, -0.25) is 14.9 Å². The molecule has 1 amide bonds. The largest absolute Gasteiger partial charge is 0.545 e. The van der Waals surface area contributed by atoms with Crippen LogP contribution in [0, 0.1) is 15.9 Å². The number of carboxylic acid groups (broad SMARTS) is 1. The predicted octanol–water partition coefficient (Wildman–Crippen LogP) is 1.35. The van der Waals surface area contributed by atoms with Crippen molar-refractivity contribution in [3.63, 3.8) is 0 Å². The van der Waals surface area contributed by atoms with Crippen molar-refractivity contribution in [1.29, 1.82) is 0 Å². The molecule has 0 heterocycles. The Morgan fingerprint density at radius 2 is 1.82 bits per heavy atom. The third kappa shape index (κ3) is 3.23. The molecule has 0 spiro atoms. The van der Waals surface area contributed by atoms with Crippen LogP contribution in [0.5, 0.6) is 0 Å². The average molecular weight is 303 g/mol. The summed E-state index contributed by atoms with van der Waals surface area (Å²) in [6.45, 7) is 0. The van der Waals surface area contributed by atoms with Gasteiger partial charge in [-0.15, -0.1) is 0 Å². The number of nitrogens with one attached hydrogen (secondary N) is 1. The highest BCUT2D eigenvalue weighted by Gasteiger charge is 2.17. The molecule has 0 aliphatic carbocycles. The molecule has 2 aromatic rings. The zero-order chi connectivity index (χ0) is 16.3. The molecule has 0 fully saturated rings. The molecule has 7 nitrogen and oxygen atoms in total. The van der Waals surface area contributed by atoms with Gasteiger partial charge in [-0.2, -0.15) is 0 Å². The van der Waals surface area contributed by atoms with Gasteiger partial charge in [0.1, 0.15) is 5.82 Å². The van der Waals surface area contributed by atoms with Crippen molar-refractivity contribution in [3.8, 4) is 0 Å². The molecule has 8 heteroatoms. The van der Waals surface area contributed by atoms with Gasteiger partial charge in [0.15, 0.2) is 0 Å². The normalized spacial score (nSPS) is 10.0. The highest BCUT2D eigenvalue weighted by Crippen LogP contribution is 2.19. The molecule has 0 unspecified atom stereocenters. The van der Waals surface area contributed by atoms with Crippen LogP contribution in [0.25, 0.3) is 0 Å². The number of nitro groups is 1. The van der Waals surface area contributed by atoms with E-state index >= 15 is 0 Å². The SMILES string of the molecule is O=C([O-])c1cc([N+](=O)[O-])ccc1C(=O)Nc1cccc(F)c1. The summed E-state index contributed by atoms with van der Waals surface area (Å²) in [5.41, 5.74) is -1.31. The van der Waals surface area contributed by atoms with Crippen LogP contribution in [0.2, 0.25) is 0 Å². The van der Waals surface area contributed by atoms with Gasteiger partial charge in [-0.05, 0) is 24.3 Å². The van der Waals surface area contributed by atoms with Crippen molar-refractivity contribution in [1.82, 2.24) is 0 Å². The molecule has 2 rings (SSSR count). The molecule has 0 aliphatic rings. The van der Waals surface area contributed by atoms with E-state index in [9.17, 15) is 29.2 Å². The highest BCUT2D eigenvalue weighted by atomic mass is 19.1. The number of halogens is 1. The first kappa shape index (κ1) is 15.1. The number of carboxylic acids is 1. The minimum atomic E-state index is -1.73. The van der Waals surface area contributed by atoms with Crippen LogP contribution in [0.1, 0.15) is 20.7 Å². The number of aromatic carboxylic acids is 1. The van der Waals surface area contributed by atoms with E-state index in [2.05, 4.69) is 5.32 Å². The Morgan fingerprint density at radius 1 is 1.09 bits per heavy atom. The first-order valence-corrected chi connectivity index (χ1v) is 5.95. The van der Waals surface area contributed by atoms with E-state index < -0.39 is 33.9 Å². The maximum Gasteiger partial charge on any atom is 0.270 e. The molecule has 0 saturated carbocycles. The van der Waals surface area contributed by atoms with Crippen molar-refractivity contribution >= 4 is 23.3 Å². The highest BCUT2D eigenvalue weighted by molar-refractivity contribution is 6.10. The second-order valence-corrected chi connectivity index (χ2v) is 4.24. The summed E-state index contributed by atoms with van der Waals surface area (Å²) in [4.78, 5) is 32.9. The molecule has 112 valence electrons. The minimum absolute atomic E-state index is 0.118. The summed E-state index contributed by atoms with van der Waals surface area (Å²) in [5, 5.41) is 24.0. The van der Waals surface area contributed by atoms with Crippen LogP contribution < -0.4 is 10.4 Å². The Kier molecular flexibility index (Phi) is 4.12. The number of amides is 1. The van der Waals surface area contributed by atoms with Gasteiger partial charge in [0.25, 0.3) is 11.6 Å². The van der Waals surface area contributed by atoms with Gasteiger partial charge in [-0.25, -0.2) is 4.39 Å². The molecular formula is C14H8FN2O5-. The van der Waals surface area contributed by atoms with Crippen molar-refractivity contribution < 1.29 is 24.0 Å². The lowest BCUT2D eigenvalue weighted by Gasteiger charge is -2.11. The molecule has 0 bridgehead atoms. The number of hydrogen-bond donors (Lipinski definition) is 1. The van der Waals surface area contributed by atoms with E-state index in [0.29, 0.717) is 0 Å². The van der Waals surface area contributed by atoms with Crippen LogP contribution in [-0.2, 0) is 0 Å². The molecule has 22 heavy (non-hydrogen) atoms. The van der Waals surface area contributed by atoms with Crippen molar-refractivity contribution in [2.45, 2.75) is 0 Å². The summed E-state index contributed by atoms with van der Waals surface area (Å²) >= 11 is 0. The molecule has 0 saturated heterocycles. The molecule has 0 aliphatic heterocycles. The smallest absolute Gasteiger partial charge is 0.270 e. The third-order valence-electron chi connectivity index (χ3n) is 2.76. The van der Waals surface area contributed by atoms with Crippen molar-refractivity contribution in [2.24, 2.45) is 0 Å². The van der Waals surface area contributed by atoms with Crippen LogP contribution in [-0.4, -0.2) is 16.8 Å².